The van der Waals surface area contributed by atoms with Gasteiger partial charge in [-0.2, -0.15) is 8.78 Å². The minimum absolute atomic E-state index is 0.0251. The summed E-state index contributed by atoms with van der Waals surface area (Å²) < 4.78 is 28.9. The van der Waals surface area contributed by atoms with Crippen molar-refractivity contribution < 1.29 is 18.3 Å². The zero-order valence-corrected chi connectivity index (χ0v) is 12.6. The maximum absolute atomic E-state index is 12.3. The molecule has 0 saturated carbocycles. The molecule has 22 heavy (non-hydrogen) atoms. The van der Waals surface area contributed by atoms with Gasteiger partial charge in [-0.25, -0.2) is 4.98 Å². The Labute approximate surface area is 130 Å². The van der Waals surface area contributed by atoms with Crippen molar-refractivity contribution in [1.29, 1.82) is 0 Å². The van der Waals surface area contributed by atoms with Crippen LogP contribution >= 0.6 is 11.3 Å². The normalized spacial score (nSPS) is 11.1. The first-order valence-electron chi connectivity index (χ1n) is 6.45. The fourth-order valence-corrected chi connectivity index (χ4v) is 2.40. The maximum Gasteiger partial charge on any atom is 0.387 e. The lowest BCUT2D eigenvalue weighted by molar-refractivity contribution is -0.116. The monoisotopic (exact) mass is 324 g/mol. The molecule has 0 bridgehead atoms. The van der Waals surface area contributed by atoms with Crippen LogP contribution in [0.15, 0.2) is 35.7 Å². The highest BCUT2D eigenvalue weighted by molar-refractivity contribution is 7.09. The maximum atomic E-state index is 12.3. The third-order valence-corrected chi connectivity index (χ3v) is 3.60. The average molecular weight is 324 g/mol. The van der Waals surface area contributed by atoms with E-state index in [4.69, 9.17) is 0 Å². The second-order valence-corrected chi connectivity index (χ2v) is 5.29. The van der Waals surface area contributed by atoms with Crippen LogP contribution in [0.1, 0.15) is 16.3 Å². The van der Waals surface area contributed by atoms with Crippen LogP contribution in [0.4, 0.5) is 8.78 Å². The topological polar surface area (TPSA) is 51.2 Å². The molecule has 4 nitrogen and oxygen atoms in total. The summed E-state index contributed by atoms with van der Waals surface area (Å²) in [5.74, 6) is -0.309. The van der Waals surface area contributed by atoms with Crippen molar-refractivity contribution in [3.05, 3.63) is 52.0 Å². The van der Waals surface area contributed by atoms with Crippen molar-refractivity contribution in [1.82, 2.24) is 10.3 Å². The van der Waals surface area contributed by atoms with Gasteiger partial charge in [-0.05, 0) is 19.1 Å². The number of para-hydroxylation sites is 1. The van der Waals surface area contributed by atoms with Crippen molar-refractivity contribution in [3.63, 3.8) is 0 Å². The van der Waals surface area contributed by atoms with Crippen LogP contribution in [0.2, 0.25) is 0 Å². The summed E-state index contributed by atoms with van der Waals surface area (Å²) in [7, 11) is 0. The van der Waals surface area contributed by atoms with Gasteiger partial charge in [-0.15, -0.1) is 11.3 Å². The number of alkyl halides is 2. The van der Waals surface area contributed by atoms with Gasteiger partial charge in [-0.1, -0.05) is 18.2 Å². The Morgan fingerprint density at radius 1 is 1.45 bits per heavy atom. The van der Waals surface area contributed by atoms with E-state index in [1.54, 1.807) is 18.2 Å². The van der Waals surface area contributed by atoms with E-state index in [2.05, 4.69) is 15.0 Å². The number of nitrogens with zero attached hydrogens (tertiary/aromatic N) is 1. The van der Waals surface area contributed by atoms with Crippen molar-refractivity contribution in [3.8, 4) is 5.75 Å². The average Bonchev–Trinajstić information content (AvgIpc) is 2.89. The molecule has 1 aromatic heterocycles. The summed E-state index contributed by atoms with van der Waals surface area (Å²) >= 11 is 1.46. The van der Waals surface area contributed by atoms with E-state index >= 15 is 0 Å². The molecule has 1 heterocycles. The van der Waals surface area contributed by atoms with Gasteiger partial charge in [0, 0.05) is 22.7 Å². The number of amides is 1. The van der Waals surface area contributed by atoms with Crippen molar-refractivity contribution in [2.24, 2.45) is 0 Å². The van der Waals surface area contributed by atoms with Crippen molar-refractivity contribution >= 4 is 23.3 Å². The number of hydrogen-bond acceptors (Lipinski definition) is 4. The van der Waals surface area contributed by atoms with Gasteiger partial charge in [0.25, 0.3) is 0 Å². The molecular weight excluding hydrogens is 310 g/mol. The molecule has 0 aliphatic rings. The lowest BCUT2D eigenvalue weighted by Crippen LogP contribution is -2.20. The molecule has 0 aliphatic carbocycles. The molecule has 2 aromatic rings. The Morgan fingerprint density at radius 3 is 2.91 bits per heavy atom. The molecule has 2 rings (SSSR count). The van der Waals surface area contributed by atoms with E-state index in [1.165, 1.54) is 29.6 Å². The van der Waals surface area contributed by atoms with Crippen LogP contribution in [-0.4, -0.2) is 17.5 Å². The van der Waals surface area contributed by atoms with Crippen LogP contribution in [-0.2, 0) is 11.3 Å². The van der Waals surface area contributed by atoms with Crippen molar-refractivity contribution in [2.75, 3.05) is 0 Å². The van der Waals surface area contributed by atoms with Crippen LogP contribution in [0.5, 0.6) is 5.75 Å². The number of halogens is 2. The number of ether oxygens (including phenoxy) is 1. The second-order valence-electron chi connectivity index (χ2n) is 4.35. The van der Waals surface area contributed by atoms with E-state index in [1.807, 2.05) is 12.3 Å². The summed E-state index contributed by atoms with van der Waals surface area (Å²) in [4.78, 5) is 15.9. The SMILES string of the molecule is Cc1csc(CNC(=O)/C=C/c2ccccc2OC(F)F)n1. The number of benzene rings is 1. The standard InChI is InChI=1S/C15H14F2N2O2S/c1-10-9-22-14(19-10)8-18-13(20)7-6-11-4-2-3-5-12(11)21-15(16)17/h2-7,9,15H,8H2,1H3,(H,18,20)/b7-6+. The number of aromatic nitrogens is 1. The number of aryl methyl sites for hydroxylation is 1. The molecule has 0 atom stereocenters. The predicted octanol–water partition coefficient (Wildman–Crippen LogP) is 3.38. The van der Waals surface area contributed by atoms with Crippen LogP contribution in [0.25, 0.3) is 6.08 Å². The Morgan fingerprint density at radius 2 is 2.23 bits per heavy atom. The summed E-state index contributed by atoms with van der Waals surface area (Å²) in [5.41, 5.74) is 1.31. The Bertz CT molecular complexity index is 671. The molecule has 0 aliphatic heterocycles. The summed E-state index contributed by atoms with van der Waals surface area (Å²) in [5, 5.41) is 5.38. The molecule has 0 saturated heterocycles. The summed E-state index contributed by atoms with van der Waals surface area (Å²) in [6, 6.07) is 6.27. The fraction of sp³-hybridized carbons (Fsp3) is 0.200. The molecule has 1 aromatic carbocycles. The number of carbonyl (C=O) groups is 1. The van der Waals surface area contributed by atoms with Gasteiger partial charge in [0.1, 0.15) is 10.8 Å². The molecular formula is C15H14F2N2O2S. The first-order chi connectivity index (χ1) is 10.5. The number of hydrogen-bond donors (Lipinski definition) is 1. The van der Waals surface area contributed by atoms with Crippen LogP contribution in [0, 0.1) is 6.92 Å². The van der Waals surface area contributed by atoms with Gasteiger partial charge in [0.05, 0.1) is 6.54 Å². The molecule has 0 unspecified atom stereocenters. The van der Waals surface area contributed by atoms with Gasteiger partial charge in [-0.3, -0.25) is 4.79 Å². The number of carbonyl (C=O) groups excluding carboxylic acids is 1. The third-order valence-electron chi connectivity index (χ3n) is 2.63. The fourth-order valence-electron chi connectivity index (χ4n) is 1.69. The number of thiazole rings is 1. The molecule has 116 valence electrons. The quantitative estimate of drug-likeness (QED) is 0.829. The highest BCUT2D eigenvalue weighted by Gasteiger charge is 2.07. The van der Waals surface area contributed by atoms with E-state index in [9.17, 15) is 13.6 Å². The zero-order chi connectivity index (χ0) is 15.9. The molecule has 0 radical (unpaired) electrons. The van der Waals surface area contributed by atoms with Gasteiger partial charge in [0.15, 0.2) is 0 Å². The molecule has 0 spiro atoms. The van der Waals surface area contributed by atoms with Crippen LogP contribution < -0.4 is 10.1 Å². The van der Waals surface area contributed by atoms with E-state index < -0.39 is 6.61 Å². The Balaban J connectivity index is 1.94. The minimum atomic E-state index is -2.91. The highest BCUT2D eigenvalue weighted by atomic mass is 32.1. The van der Waals surface area contributed by atoms with E-state index in [-0.39, 0.29) is 11.7 Å². The van der Waals surface area contributed by atoms with Gasteiger partial charge < -0.3 is 10.1 Å². The van der Waals surface area contributed by atoms with Gasteiger partial charge in [0.2, 0.25) is 5.91 Å². The van der Waals surface area contributed by atoms with Crippen molar-refractivity contribution in [2.45, 2.75) is 20.1 Å². The predicted molar refractivity (Wildman–Crippen MR) is 80.8 cm³/mol. The zero-order valence-electron chi connectivity index (χ0n) is 11.8. The van der Waals surface area contributed by atoms with E-state index in [0.29, 0.717) is 12.1 Å². The van der Waals surface area contributed by atoms with Gasteiger partial charge >= 0.3 is 6.61 Å². The third kappa shape index (κ3) is 4.92. The molecule has 0 fully saturated rings. The molecule has 1 N–H and O–H groups in total. The highest BCUT2D eigenvalue weighted by Crippen LogP contribution is 2.21. The lowest BCUT2D eigenvalue weighted by Gasteiger charge is -2.07. The number of rotatable bonds is 6. The first-order valence-corrected chi connectivity index (χ1v) is 7.33. The summed E-state index contributed by atoms with van der Waals surface area (Å²) in [6.07, 6.45) is 2.70. The molecule has 7 heteroatoms. The smallest absolute Gasteiger partial charge is 0.387 e. The number of nitrogens with one attached hydrogen (secondary N) is 1. The Hall–Kier alpha value is -2.28. The van der Waals surface area contributed by atoms with E-state index in [0.717, 1.165) is 10.7 Å². The molecule has 1 amide bonds. The lowest BCUT2D eigenvalue weighted by atomic mass is 10.2. The van der Waals surface area contributed by atoms with Crippen LogP contribution in [0.3, 0.4) is 0 Å². The largest absolute Gasteiger partial charge is 0.434 e. The minimum Gasteiger partial charge on any atom is -0.434 e. The summed E-state index contributed by atoms with van der Waals surface area (Å²) in [6.45, 7) is -0.699. The Kier molecular flexibility index (Phi) is 5.60. The second kappa shape index (κ2) is 7.65. The first kappa shape index (κ1) is 16.1.